The Balaban J connectivity index is 2.22. The maximum atomic E-state index is 11.8. The Morgan fingerprint density at radius 2 is 2.05 bits per heavy atom. The van der Waals surface area contributed by atoms with E-state index in [4.69, 9.17) is 0 Å². The number of benzene rings is 1. The quantitative estimate of drug-likeness (QED) is 0.614. The van der Waals surface area contributed by atoms with Crippen molar-refractivity contribution in [3.05, 3.63) is 39.4 Å². The SMILES string of the molecule is CN(C)S(=O)(=O)C[C@@H]1Cc2cccc([N+](=O)[O-])c2C1. The number of sulfonamides is 1. The second-order valence-electron chi connectivity index (χ2n) is 5.01. The maximum Gasteiger partial charge on any atom is 0.272 e. The van der Waals surface area contributed by atoms with E-state index in [2.05, 4.69) is 0 Å². The summed E-state index contributed by atoms with van der Waals surface area (Å²) in [6.07, 6.45) is 1.05. The lowest BCUT2D eigenvalue weighted by Gasteiger charge is -2.14. The van der Waals surface area contributed by atoms with Gasteiger partial charge in [0.1, 0.15) is 0 Å². The molecule has 7 heteroatoms. The van der Waals surface area contributed by atoms with Crippen molar-refractivity contribution in [2.24, 2.45) is 5.92 Å². The van der Waals surface area contributed by atoms with Crippen molar-refractivity contribution in [1.82, 2.24) is 4.31 Å². The Hall–Kier alpha value is -1.47. The molecule has 0 heterocycles. The maximum absolute atomic E-state index is 11.8. The van der Waals surface area contributed by atoms with E-state index in [-0.39, 0.29) is 17.4 Å². The molecule has 19 heavy (non-hydrogen) atoms. The summed E-state index contributed by atoms with van der Waals surface area (Å²) in [6.45, 7) is 0. The second-order valence-corrected chi connectivity index (χ2v) is 7.23. The van der Waals surface area contributed by atoms with Gasteiger partial charge in [0.05, 0.1) is 10.7 Å². The second kappa shape index (κ2) is 4.90. The van der Waals surface area contributed by atoms with E-state index in [9.17, 15) is 18.5 Å². The summed E-state index contributed by atoms with van der Waals surface area (Å²) in [4.78, 5) is 10.5. The molecular formula is C12H16N2O4S. The lowest BCUT2D eigenvalue weighted by molar-refractivity contribution is -0.385. The normalized spacial score (nSPS) is 18.6. The van der Waals surface area contributed by atoms with Crippen LogP contribution in [0.1, 0.15) is 11.1 Å². The zero-order valence-electron chi connectivity index (χ0n) is 10.9. The third kappa shape index (κ3) is 2.76. The number of nitro groups is 1. The molecule has 0 aliphatic heterocycles. The third-order valence-corrected chi connectivity index (χ3v) is 5.45. The van der Waals surface area contributed by atoms with Gasteiger partial charge in [0.25, 0.3) is 5.69 Å². The first kappa shape index (κ1) is 14.0. The molecule has 0 unspecified atom stereocenters. The first-order valence-corrected chi connectivity index (χ1v) is 7.57. The van der Waals surface area contributed by atoms with E-state index < -0.39 is 14.9 Å². The molecule has 0 amide bonds. The fourth-order valence-corrected chi connectivity index (χ4v) is 3.59. The minimum Gasteiger partial charge on any atom is -0.258 e. The van der Waals surface area contributed by atoms with Crippen LogP contribution in [-0.4, -0.2) is 37.5 Å². The molecule has 6 nitrogen and oxygen atoms in total. The van der Waals surface area contributed by atoms with Gasteiger partial charge >= 0.3 is 0 Å². The van der Waals surface area contributed by atoms with Crippen LogP contribution in [0.25, 0.3) is 0 Å². The highest BCUT2D eigenvalue weighted by molar-refractivity contribution is 7.89. The molecule has 0 radical (unpaired) electrons. The molecule has 0 fully saturated rings. The summed E-state index contributed by atoms with van der Waals surface area (Å²) in [7, 11) is -0.269. The third-order valence-electron chi connectivity index (χ3n) is 3.45. The van der Waals surface area contributed by atoms with E-state index in [1.807, 2.05) is 6.07 Å². The Morgan fingerprint density at radius 1 is 1.37 bits per heavy atom. The number of hydrogen-bond donors (Lipinski definition) is 0. The van der Waals surface area contributed by atoms with E-state index in [1.54, 1.807) is 6.07 Å². The summed E-state index contributed by atoms with van der Waals surface area (Å²) in [6, 6.07) is 4.96. The monoisotopic (exact) mass is 284 g/mol. The molecule has 0 spiro atoms. The van der Waals surface area contributed by atoms with Gasteiger partial charge in [-0.2, -0.15) is 0 Å². The molecule has 1 aromatic carbocycles. The highest BCUT2D eigenvalue weighted by atomic mass is 32.2. The van der Waals surface area contributed by atoms with Gasteiger partial charge in [-0.05, 0) is 24.3 Å². The van der Waals surface area contributed by atoms with Crippen molar-refractivity contribution >= 4 is 15.7 Å². The van der Waals surface area contributed by atoms with Gasteiger partial charge in [0.2, 0.25) is 10.0 Å². The Labute approximate surface area is 112 Å². The largest absolute Gasteiger partial charge is 0.272 e. The molecule has 104 valence electrons. The van der Waals surface area contributed by atoms with E-state index >= 15 is 0 Å². The molecule has 1 aromatic rings. The van der Waals surface area contributed by atoms with Crippen LogP contribution in [-0.2, 0) is 22.9 Å². The lowest BCUT2D eigenvalue weighted by Crippen LogP contribution is -2.29. The van der Waals surface area contributed by atoms with Crippen LogP contribution in [0, 0.1) is 16.0 Å². The van der Waals surface area contributed by atoms with Crippen molar-refractivity contribution in [3.63, 3.8) is 0 Å². The smallest absolute Gasteiger partial charge is 0.258 e. The average Bonchev–Trinajstić information content (AvgIpc) is 2.69. The van der Waals surface area contributed by atoms with Crippen LogP contribution in [0.5, 0.6) is 0 Å². The summed E-state index contributed by atoms with van der Waals surface area (Å²) >= 11 is 0. The van der Waals surface area contributed by atoms with Gasteiger partial charge in [-0.3, -0.25) is 10.1 Å². The van der Waals surface area contributed by atoms with E-state index in [1.165, 1.54) is 24.5 Å². The van der Waals surface area contributed by atoms with Crippen molar-refractivity contribution in [2.45, 2.75) is 12.8 Å². The molecule has 0 N–H and O–H groups in total. The number of nitrogens with zero attached hydrogens (tertiary/aromatic N) is 2. The van der Waals surface area contributed by atoms with Crippen molar-refractivity contribution in [1.29, 1.82) is 0 Å². The number of nitro benzene ring substituents is 1. The molecule has 0 aromatic heterocycles. The topological polar surface area (TPSA) is 80.5 Å². The molecule has 1 aliphatic carbocycles. The minimum atomic E-state index is -3.27. The van der Waals surface area contributed by atoms with Crippen molar-refractivity contribution < 1.29 is 13.3 Å². The Kier molecular flexibility index (Phi) is 3.60. The van der Waals surface area contributed by atoms with Crippen LogP contribution < -0.4 is 0 Å². The van der Waals surface area contributed by atoms with Crippen LogP contribution in [0.4, 0.5) is 5.69 Å². The van der Waals surface area contributed by atoms with Crippen LogP contribution in [0.3, 0.4) is 0 Å². The van der Waals surface area contributed by atoms with Gasteiger partial charge in [-0.1, -0.05) is 12.1 Å². The zero-order valence-corrected chi connectivity index (χ0v) is 11.7. The molecule has 1 aliphatic rings. The highest BCUT2D eigenvalue weighted by Gasteiger charge is 2.31. The van der Waals surface area contributed by atoms with Gasteiger partial charge in [0.15, 0.2) is 0 Å². The Morgan fingerprint density at radius 3 is 2.63 bits per heavy atom. The average molecular weight is 284 g/mol. The molecule has 0 saturated heterocycles. The van der Waals surface area contributed by atoms with Crippen LogP contribution >= 0.6 is 0 Å². The molecule has 1 atom stereocenters. The first-order valence-electron chi connectivity index (χ1n) is 5.96. The van der Waals surface area contributed by atoms with Crippen molar-refractivity contribution in [3.8, 4) is 0 Å². The van der Waals surface area contributed by atoms with Crippen LogP contribution in [0.15, 0.2) is 18.2 Å². The number of rotatable bonds is 4. The zero-order chi connectivity index (χ0) is 14.2. The molecule has 0 bridgehead atoms. The summed E-state index contributed by atoms with van der Waals surface area (Å²) in [5, 5.41) is 10.9. The van der Waals surface area contributed by atoms with Gasteiger partial charge in [0, 0.05) is 25.7 Å². The highest BCUT2D eigenvalue weighted by Crippen LogP contribution is 2.34. The van der Waals surface area contributed by atoms with E-state index in [0.29, 0.717) is 18.4 Å². The van der Waals surface area contributed by atoms with Gasteiger partial charge in [-0.15, -0.1) is 0 Å². The molecule has 0 saturated carbocycles. The summed E-state index contributed by atoms with van der Waals surface area (Å²) in [5.41, 5.74) is 1.68. The standard InChI is InChI=1S/C12H16N2O4S/c1-13(2)19(17,18)8-9-6-10-4-3-5-12(14(15)16)11(10)7-9/h3-5,9H,6-8H2,1-2H3/t9-/m1/s1. The minimum absolute atomic E-state index is 0.0336. The first-order chi connectivity index (χ1) is 8.81. The van der Waals surface area contributed by atoms with Crippen molar-refractivity contribution in [2.75, 3.05) is 19.8 Å². The molecule has 2 rings (SSSR count). The predicted octanol–water partition coefficient (Wildman–Crippen LogP) is 1.20. The fourth-order valence-electron chi connectivity index (χ4n) is 2.46. The number of fused-ring (bicyclic) bond motifs is 1. The van der Waals surface area contributed by atoms with Crippen LogP contribution in [0.2, 0.25) is 0 Å². The van der Waals surface area contributed by atoms with Gasteiger partial charge in [-0.25, -0.2) is 12.7 Å². The van der Waals surface area contributed by atoms with Gasteiger partial charge < -0.3 is 0 Å². The lowest BCUT2D eigenvalue weighted by atomic mass is 10.1. The Bertz CT molecular complexity index is 610. The summed E-state index contributed by atoms with van der Waals surface area (Å²) < 4.78 is 24.9. The number of hydrogen-bond acceptors (Lipinski definition) is 4. The summed E-state index contributed by atoms with van der Waals surface area (Å²) in [5.74, 6) is -0.0465. The molecular weight excluding hydrogens is 268 g/mol. The fraction of sp³-hybridized carbons (Fsp3) is 0.500. The predicted molar refractivity (Wildman–Crippen MR) is 71.5 cm³/mol. The van der Waals surface area contributed by atoms with E-state index in [0.717, 1.165) is 5.56 Å².